The Kier molecular flexibility index (Phi) is 9.81. The lowest BCUT2D eigenvalue weighted by molar-refractivity contribution is -0.131. The third kappa shape index (κ3) is 7.55. The molecular weight excluding hydrogens is 548 g/mol. The summed E-state index contributed by atoms with van der Waals surface area (Å²) in [6, 6.07) is 19.3. The molecule has 4 rings (SSSR count). The Balaban J connectivity index is 1.59. The molecule has 1 aliphatic heterocycles. The number of nitrogens with one attached hydrogen (secondary N) is 2. The maximum absolute atomic E-state index is 13.8. The molecule has 0 aliphatic carbocycles. The van der Waals surface area contributed by atoms with Crippen LogP contribution >= 0.6 is 11.6 Å². The molecule has 0 fully saturated rings. The number of para-hydroxylation sites is 1. The summed E-state index contributed by atoms with van der Waals surface area (Å²) in [7, 11) is 1.53. The number of methoxy groups -OCH3 is 1. The van der Waals surface area contributed by atoms with Gasteiger partial charge in [0, 0.05) is 5.02 Å². The number of halogens is 1. The Morgan fingerprint density at radius 1 is 1.12 bits per heavy atom. The van der Waals surface area contributed by atoms with E-state index < -0.39 is 29.9 Å². The molecule has 0 bridgehead atoms. The number of rotatable bonds is 9. The number of amidine groups is 1. The van der Waals surface area contributed by atoms with Gasteiger partial charge in [0.2, 0.25) is 5.91 Å². The van der Waals surface area contributed by atoms with Gasteiger partial charge in [-0.3, -0.25) is 14.7 Å². The first-order valence-corrected chi connectivity index (χ1v) is 13.5. The number of carbonyl (C=O) groups is 3. The van der Waals surface area contributed by atoms with Crippen molar-refractivity contribution in [2.45, 2.75) is 25.8 Å². The summed E-state index contributed by atoms with van der Waals surface area (Å²) >= 11 is 6.22. The standard InChI is InChI=1S/C30H31ClN4O6/c1-3-25(19-8-7-9-20(14-19)29(37)38)33-30(39)35-18-27(34-41-24-10-5-4-6-11-24)32-17-22(28(35)36)15-21-16-23(31)12-13-26(21)40-2/h4-14,16,22,25H,3,15,17-18H2,1-2H3,(H,32,34)(H,33,39)(H,37,38). The van der Waals surface area contributed by atoms with Crippen LogP contribution in [0.5, 0.6) is 11.5 Å². The first kappa shape index (κ1) is 29.4. The number of nitrogens with zero attached hydrogens (tertiary/aromatic N) is 2. The molecule has 11 heteroatoms. The van der Waals surface area contributed by atoms with Crippen LogP contribution < -0.4 is 20.4 Å². The van der Waals surface area contributed by atoms with Crippen molar-refractivity contribution in [1.29, 1.82) is 0 Å². The number of carbonyl (C=O) groups excluding carboxylic acids is 2. The highest BCUT2D eigenvalue weighted by molar-refractivity contribution is 6.30. The van der Waals surface area contributed by atoms with Crippen LogP contribution in [0.3, 0.4) is 0 Å². The number of carboxylic acids is 1. The quantitative estimate of drug-likeness (QED) is 0.308. The van der Waals surface area contributed by atoms with E-state index in [2.05, 4.69) is 15.8 Å². The van der Waals surface area contributed by atoms with Crippen LogP contribution in [0.25, 0.3) is 0 Å². The summed E-state index contributed by atoms with van der Waals surface area (Å²) in [5.41, 5.74) is 4.21. The number of aromatic carboxylic acids is 1. The SMILES string of the molecule is CCC(NC(=O)N1CC(NOc2ccccc2)=NCC(Cc2cc(Cl)ccc2OC)C1=O)c1cccc(C(=O)O)c1. The van der Waals surface area contributed by atoms with Crippen LogP contribution in [0.15, 0.2) is 77.8 Å². The normalized spacial score (nSPS) is 15.8. The molecular formula is C30H31ClN4O6. The predicted molar refractivity (Wildman–Crippen MR) is 154 cm³/mol. The number of urea groups is 1. The number of benzene rings is 3. The van der Waals surface area contributed by atoms with E-state index >= 15 is 0 Å². The molecule has 0 radical (unpaired) electrons. The molecule has 214 valence electrons. The Morgan fingerprint density at radius 3 is 2.61 bits per heavy atom. The number of hydroxylamine groups is 1. The lowest BCUT2D eigenvalue weighted by Gasteiger charge is -2.26. The van der Waals surface area contributed by atoms with Gasteiger partial charge < -0.3 is 20.0 Å². The molecule has 0 saturated carbocycles. The summed E-state index contributed by atoms with van der Waals surface area (Å²) < 4.78 is 5.46. The fraction of sp³-hybridized carbons (Fsp3) is 0.267. The summed E-state index contributed by atoms with van der Waals surface area (Å²) in [6.07, 6.45) is 0.705. The Bertz CT molecular complexity index is 1430. The first-order chi connectivity index (χ1) is 19.8. The fourth-order valence-electron chi connectivity index (χ4n) is 4.50. The number of hydrogen-bond acceptors (Lipinski definition) is 7. The highest BCUT2D eigenvalue weighted by Crippen LogP contribution is 2.27. The van der Waals surface area contributed by atoms with E-state index in [1.165, 1.54) is 19.2 Å². The van der Waals surface area contributed by atoms with Crippen molar-refractivity contribution in [1.82, 2.24) is 15.7 Å². The van der Waals surface area contributed by atoms with E-state index in [0.29, 0.717) is 39.9 Å². The highest BCUT2D eigenvalue weighted by atomic mass is 35.5. The maximum atomic E-state index is 13.8. The Hall–Kier alpha value is -4.57. The molecule has 1 heterocycles. The van der Waals surface area contributed by atoms with Crippen molar-refractivity contribution < 1.29 is 29.1 Å². The molecule has 2 atom stereocenters. The van der Waals surface area contributed by atoms with Crippen molar-refractivity contribution in [2.24, 2.45) is 10.9 Å². The van der Waals surface area contributed by atoms with E-state index in [0.717, 1.165) is 4.90 Å². The predicted octanol–water partition coefficient (Wildman–Crippen LogP) is 4.89. The monoisotopic (exact) mass is 578 g/mol. The van der Waals surface area contributed by atoms with Gasteiger partial charge in [0.25, 0.3) is 0 Å². The third-order valence-electron chi connectivity index (χ3n) is 6.65. The molecule has 41 heavy (non-hydrogen) atoms. The van der Waals surface area contributed by atoms with E-state index in [1.54, 1.807) is 42.5 Å². The van der Waals surface area contributed by atoms with Crippen molar-refractivity contribution in [2.75, 3.05) is 20.2 Å². The molecule has 3 amide bonds. The zero-order valence-electron chi connectivity index (χ0n) is 22.7. The zero-order chi connectivity index (χ0) is 29.4. The fourth-order valence-corrected chi connectivity index (χ4v) is 4.69. The molecule has 3 aromatic rings. The van der Waals surface area contributed by atoms with Gasteiger partial charge in [0.1, 0.15) is 5.75 Å². The maximum Gasteiger partial charge on any atom is 0.335 e. The van der Waals surface area contributed by atoms with Crippen molar-refractivity contribution >= 4 is 35.3 Å². The summed E-state index contributed by atoms with van der Waals surface area (Å²) in [6.45, 7) is 1.79. The second kappa shape index (κ2) is 13.7. The second-order valence-electron chi connectivity index (χ2n) is 9.43. The summed E-state index contributed by atoms with van der Waals surface area (Å²) in [5.74, 6) is -0.800. The lowest BCUT2D eigenvalue weighted by Crippen LogP contribution is -2.50. The van der Waals surface area contributed by atoms with Gasteiger partial charge in [-0.25, -0.2) is 15.1 Å². The van der Waals surface area contributed by atoms with Crippen LogP contribution in [0.1, 0.15) is 40.9 Å². The number of carboxylic acid groups (broad SMARTS) is 1. The topological polar surface area (TPSA) is 130 Å². The van der Waals surface area contributed by atoms with Gasteiger partial charge >= 0.3 is 12.0 Å². The number of aliphatic imine (C=N–C) groups is 1. The average molecular weight is 579 g/mol. The van der Waals surface area contributed by atoms with E-state index in [-0.39, 0.29) is 25.1 Å². The van der Waals surface area contributed by atoms with Gasteiger partial charge in [-0.15, -0.1) is 0 Å². The minimum atomic E-state index is -1.07. The van der Waals surface area contributed by atoms with Crippen molar-refractivity contribution in [3.63, 3.8) is 0 Å². The van der Waals surface area contributed by atoms with Gasteiger partial charge in [-0.1, -0.05) is 48.9 Å². The Morgan fingerprint density at radius 2 is 1.90 bits per heavy atom. The number of imide groups is 1. The molecule has 1 aliphatic rings. The molecule has 0 spiro atoms. The van der Waals surface area contributed by atoms with Crippen LogP contribution in [-0.4, -0.2) is 53.9 Å². The third-order valence-corrected chi connectivity index (χ3v) is 6.89. The van der Waals surface area contributed by atoms with Crippen LogP contribution in [-0.2, 0) is 11.2 Å². The number of amides is 3. The second-order valence-corrected chi connectivity index (χ2v) is 9.86. The van der Waals surface area contributed by atoms with E-state index in [9.17, 15) is 19.5 Å². The van der Waals surface area contributed by atoms with E-state index in [1.807, 2.05) is 25.1 Å². The van der Waals surface area contributed by atoms with Crippen LogP contribution in [0.4, 0.5) is 4.79 Å². The van der Waals surface area contributed by atoms with Gasteiger partial charge in [-0.05, 0) is 66.4 Å². The van der Waals surface area contributed by atoms with Crippen LogP contribution in [0.2, 0.25) is 5.02 Å². The minimum Gasteiger partial charge on any atom is -0.496 e. The van der Waals surface area contributed by atoms with Gasteiger partial charge in [-0.2, -0.15) is 0 Å². The summed E-state index contributed by atoms with van der Waals surface area (Å²) in [4.78, 5) is 50.2. The molecule has 3 N–H and O–H groups in total. The number of ether oxygens (including phenoxy) is 1. The molecule has 0 saturated heterocycles. The van der Waals surface area contributed by atoms with Crippen LogP contribution in [0, 0.1) is 5.92 Å². The van der Waals surface area contributed by atoms with Gasteiger partial charge in [0.15, 0.2) is 11.6 Å². The molecule has 2 unspecified atom stereocenters. The summed E-state index contributed by atoms with van der Waals surface area (Å²) in [5, 5.41) is 12.8. The Labute approximate surface area is 242 Å². The molecule has 10 nitrogen and oxygen atoms in total. The zero-order valence-corrected chi connectivity index (χ0v) is 23.4. The highest BCUT2D eigenvalue weighted by Gasteiger charge is 2.34. The first-order valence-electron chi connectivity index (χ1n) is 13.1. The van der Waals surface area contributed by atoms with Crippen molar-refractivity contribution in [3.8, 4) is 11.5 Å². The van der Waals surface area contributed by atoms with Gasteiger partial charge in [0.05, 0.1) is 37.7 Å². The molecule has 3 aromatic carbocycles. The average Bonchev–Trinajstić information content (AvgIpc) is 3.14. The van der Waals surface area contributed by atoms with Crippen molar-refractivity contribution in [3.05, 3.63) is 94.5 Å². The number of hydrogen-bond donors (Lipinski definition) is 3. The largest absolute Gasteiger partial charge is 0.496 e. The lowest BCUT2D eigenvalue weighted by atomic mass is 9.97. The smallest absolute Gasteiger partial charge is 0.335 e. The van der Waals surface area contributed by atoms with E-state index in [4.69, 9.17) is 21.2 Å². The molecule has 0 aromatic heterocycles. The minimum absolute atomic E-state index is 0.0939.